The molecular weight excluding hydrogens is 210 g/mol. The predicted molar refractivity (Wildman–Crippen MR) is 62.6 cm³/mol. The first-order chi connectivity index (χ1) is 7.28. The molecule has 0 radical (unpaired) electrons. The third-order valence-electron chi connectivity index (χ3n) is 2.91. The molecule has 1 N–H and O–H groups in total. The molecule has 1 aromatic rings. The Morgan fingerprint density at radius 1 is 1.27 bits per heavy atom. The zero-order valence-corrected chi connectivity index (χ0v) is 9.63. The van der Waals surface area contributed by atoms with Crippen LogP contribution in [0.4, 0.5) is 0 Å². The van der Waals surface area contributed by atoms with E-state index in [0.29, 0.717) is 12.1 Å². The fourth-order valence-electron chi connectivity index (χ4n) is 2.01. The summed E-state index contributed by atoms with van der Waals surface area (Å²) < 4.78 is 5.86. The van der Waals surface area contributed by atoms with Gasteiger partial charge in [-0.25, -0.2) is 0 Å². The molecule has 0 amide bonds. The van der Waals surface area contributed by atoms with Crippen molar-refractivity contribution < 1.29 is 4.74 Å². The molecule has 1 saturated carbocycles. The van der Waals surface area contributed by atoms with Crippen molar-refractivity contribution in [3.05, 3.63) is 29.3 Å². The third-order valence-corrected chi connectivity index (χ3v) is 3.16. The largest absolute Gasteiger partial charge is 0.490 e. The van der Waals surface area contributed by atoms with Crippen molar-refractivity contribution >= 4 is 11.6 Å². The van der Waals surface area contributed by atoms with E-state index in [1.54, 1.807) is 0 Å². The quantitative estimate of drug-likeness (QED) is 0.854. The van der Waals surface area contributed by atoms with E-state index in [9.17, 15) is 0 Å². The highest BCUT2D eigenvalue weighted by atomic mass is 35.5. The summed E-state index contributed by atoms with van der Waals surface area (Å²) in [6.45, 7) is 0. The monoisotopic (exact) mass is 225 g/mol. The van der Waals surface area contributed by atoms with Gasteiger partial charge in [-0.15, -0.1) is 0 Å². The average Bonchev–Trinajstić information content (AvgIpc) is 2.69. The Labute approximate surface area is 95.6 Å². The molecule has 1 aromatic carbocycles. The van der Waals surface area contributed by atoms with Gasteiger partial charge in [0.05, 0.1) is 0 Å². The standard InChI is InChI=1S/C12H16ClNO/c1-14-10-4-7-12(8-10)15-11-5-2-9(13)3-6-11/h2-3,5-6,10,12,14H,4,7-8H2,1H3. The van der Waals surface area contributed by atoms with Crippen LogP contribution in [-0.4, -0.2) is 19.2 Å². The van der Waals surface area contributed by atoms with Crippen LogP contribution in [0, 0.1) is 0 Å². The van der Waals surface area contributed by atoms with E-state index >= 15 is 0 Å². The van der Waals surface area contributed by atoms with Gasteiger partial charge in [-0.05, 0) is 50.6 Å². The summed E-state index contributed by atoms with van der Waals surface area (Å²) in [6, 6.07) is 8.19. The highest BCUT2D eigenvalue weighted by molar-refractivity contribution is 6.30. The van der Waals surface area contributed by atoms with Gasteiger partial charge in [0, 0.05) is 11.1 Å². The van der Waals surface area contributed by atoms with E-state index < -0.39 is 0 Å². The van der Waals surface area contributed by atoms with E-state index in [-0.39, 0.29) is 0 Å². The summed E-state index contributed by atoms with van der Waals surface area (Å²) in [5.74, 6) is 0.918. The lowest BCUT2D eigenvalue weighted by Gasteiger charge is -2.13. The first kappa shape index (κ1) is 10.8. The van der Waals surface area contributed by atoms with Crippen LogP contribution in [0.5, 0.6) is 5.75 Å². The van der Waals surface area contributed by atoms with Crippen LogP contribution >= 0.6 is 11.6 Å². The fraction of sp³-hybridized carbons (Fsp3) is 0.500. The number of hydrogen-bond acceptors (Lipinski definition) is 2. The second-order valence-corrected chi connectivity index (χ2v) is 4.43. The molecule has 0 bridgehead atoms. The van der Waals surface area contributed by atoms with Gasteiger partial charge in [0.25, 0.3) is 0 Å². The number of benzene rings is 1. The maximum Gasteiger partial charge on any atom is 0.119 e. The summed E-state index contributed by atoms with van der Waals surface area (Å²) in [4.78, 5) is 0. The lowest BCUT2D eigenvalue weighted by atomic mass is 10.2. The Balaban J connectivity index is 1.90. The zero-order chi connectivity index (χ0) is 10.7. The molecule has 2 nitrogen and oxygen atoms in total. The van der Waals surface area contributed by atoms with Gasteiger partial charge in [-0.2, -0.15) is 0 Å². The maximum atomic E-state index is 5.86. The molecule has 3 heteroatoms. The van der Waals surface area contributed by atoms with E-state index in [4.69, 9.17) is 16.3 Å². The van der Waals surface area contributed by atoms with E-state index in [1.807, 2.05) is 31.3 Å². The van der Waals surface area contributed by atoms with Crippen LogP contribution in [0.25, 0.3) is 0 Å². The number of nitrogens with one attached hydrogen (secondary N) is 1. The lowest BCUT2D eigenvalue weighted by Crippen LogP contribution is -2.23. The van der Waals surface area contributed by atoms with Gasteiger partial charge in [0.15, 0.2) is 0 Å². The minimum Gasteiger partial charge on any atom is -0.490 e. The predicted octanol–water partition coefficient (Wildman–Crippen LogP) is 2.86. The van der Waals surface area contributed by atoms with Crippen molar-refractivity contribution in [3.63, 3.8) is 0 Å². The molecule has 0 saturated heterocycles. The second-order valence-electron chi connectivity index (χ2n) is 3.99. The summed E-state index contributed by atoms with van der Waals surface area (Å²) in [5, 5.41) is 4.04. The van der Waals surface area contributed by atoms with Crippen molar-refractivity contribution in [2.24, 2.45) is 0 Å². The third kappa shape index (κ3) is 2.86. The van der Waals surface area contributed by atoms with Crippen LogP contribution in [0.3, 0.4) is 0 Å². The van der Waals surface area contributed by atoms with E-state index in [0.717, 1.165) is 23.6 Å². The summed E-state index contributed by atoms with van der Waals surface area (Å²) in [6.07, 6.45) is 3.78. The smallest absolute Gasteiger partial charge is 0.119 e. The first-order valence-corrected chi connectivity index (χ1v) is 5.75. The molecule has 0 spiro atoms. The molecule has 82 valence electrons. The van der Waals surface area contributed by atoms with Crippen molar-refractivity contribution in [3.8, 4) is 5.75 Å². The molecule has 15 heavy (non-hydrogen) atoms. The fourth-order valence-corrected chi connectivity index (χ4v) is 2.14. The summed E-state index contributed by atoms with van der Waals surface area (Å²) >= 11 is 5.81. The van der Waals surface area contributed by atoms with Crippen LogP contribution in [-0.2, 0) is 0 Å². The molecule has 0 aromatic heterocycles. The first-order valence-electron chi connectivity index (χ1n) is 5.37. The summed E-state index contributed by atoms with van der Waals surface area (Å²) in [7, 11) is 2.01. The molecule has 1 aliphatic carbocycles. The zero-order valence-electron chi connectivity index (χ0n) is 8.87. The number of halogens is 1. The molecule has 0 aliphatic heterocycles. The number of ether oxygens (including phenoxy) is 1. The number of hydrogen-bond donors (Lipinski definition) is 1. The van der Waals surface area contributed by atoms with Crippen molar-refractivity contribution in [1.29, 1.82) is 0 Å². The second kappa shape index (κ2) is 4.86. The van der Waals surface area contributed by atoms with Crippen LogP contribution in [0.2, 0.25) is 5.02 Å². The van der Waals surface area contributed by atoms with Crippen molar-refractivity contribution in [2.45, 2.75) is 31.4 Å². The lowest BCUT2D eigenvalue weighted by molar-refractivity contribution is 0.207. The Morgan fingerprint density at radius 2 is 2.00 bits per heavy atom. The minimum atomic E-state index is 0.351. The highest BCUT2D eigenvalue weighted by Gasteiger charge is 2.24. The summed E-state index contributed by atoms with van der Waals surface area (Å²) in [5.41, 5.74) is 0. The number of rotatable bonds is 3. The Kier molecular flexibility index (Phi) is 3.49. The molecule has 0 heterocycles. The van der Waals surface area contributed by atoms with Gasteiger partial charge < -0.3 is 10.1 Å². The topological polar surface area (TPSA) is 21.3 Å². The molecule has 2 unspecified atom stereocenters. The van der Waals surface area contributed by atoms with Gasteiger partial charge in [-0.3, -0.25) is 0 Å². The molecule has 1 fully saturated rings. The Hall–Kier alpha value is -0.730. The Bertz CT molecular complexity index is 312. The van der Waals surface area contributed by atoms with Gasteiger partial charge >= 0.3 is 0 Å². The normalized spacial score (nSPS) is 25.5. The molecule has 1 aliphatic rings. The Morgan fingerprint density at radius 3 is 2.60 bits per heavy atom. The van der Waals surface area contributed by atoms with Crippen molar-refractivity contribution in [2.75, 3.05) is 7.05 Å². The van der Waals surface area contributed by atoms with Crippen LogP contribution in [0.15, 0.2) is 24.3 Å². The minimum absolute atomic E-state index is 0.351. The van der Waals surface area contributed by atoms with Crippen LogP contribution < -0.4 is 10.1 Å². The molecule has 2 atom stereocenters. The van der Waals surface area contributed by atoms with Gasteiger partial charge in [0.1, 0.15) is 11.9 Å². The SMILES string of the molecule is CNC1CCC(Oc2ccc(Cl)cc2)C1. The highest BCUT2D eigenvalue weighted by Crippen LogP contribution is 2.25. The van der Waals surface area contributed by atoms with E-state index in [1.165, 1.54) is 6.42 Å². The van der Waals surface area contributed by atoms with Gasteiger partial charge in [-0.1, -0.05) is 11.6 Å². The molecule has 2 rings (SSSR count). The van der Waals surface area contributed by atoms with E-state index in [2.05, 4.69) is 5.32 Å². The van der Waals surface area contributed by atoms with Crippen molar-refractivity contribution in [1.82, 2.24) is 5.32 Å². The van der Waals surface area contributed by atoms with Gasteiger partial charge in [0.2, 0.25) is 0 Å². The average molecular weight is 226 g/mol. The van der Waals surface area contributed by atoms with Crippen LogP contribution in [0.1, 0.15) is 19.3 Å². The molecular formula is C12H16ClNO. The maximum absolute atomic E-state index is 5.86.